The summed E-state index contributed by atoms with van der Waals surface area (Å²) in [4.78, 5) is 11.6. The van der Waals surface area contributed by atoms with Crippen molar-refractivity contribution < 1.29 is 5.11 Å². The summed E-state index contributed by atoms with van der Waals surface area (Å²) in [6, 6.07) is 3.28. The van der Waals surface area contributed by atoms with Crippen LogP contribution in [0.4, 0.5) is 0 Å². The number of fused-ring (bicyclic) bond motifs is 1. The van der Waals surface area contributed by atoms with Crippen LogP contribution >= 0.6 is 34.8 Å². The van der Waals surface area contributed by atoms with Gasteiger partial charge in [-0.25, -0.2) is 9.97 Å². The van der Waals surface area contributed by atoms with Crippen LogP contribution in [0.15, 0.2) is 18.3 Å². The Hall–Kier alpha value is -1.49. The lowest BCUT2D eigenvalue weighted by Gasteiger charge is -2.07. The molecule has 4 nitrogen and oxygen atoms in total. The number of aryl methyl sites for hydroxylation is 1. The molecular weight excluding hydrogens is 321 g/mol. The highest BCUT2D eigenvalue weighted by atomic mass is 35.5. The van der Waals surface area contributed by atoms with Gasteiger partial charge in [-0.15, -0.1) is 0 Å². The number of benzene rings is 1. The van der Waals surface area contributed by atoms with E-state index in [4.69, 9.17) is 34.8 Å². The number of phenolic OH excluding ortho intramolecular Hbond substituents is 1. The molecule has 0 radical (unpaired) electrons. The molecule has 102 valence electrons. The normalized spacial score (nSPS) is 11.2. The van der Waals surface area contributed by atoms with E-state index >= 15 is 0 Å². The molecule has 0 amide bonds. The minimum Gasteiger partial charge on any atom is -0.506 e. The number of hydrogen-bond acceptors (Lipinski definition) is 3. The van der Waals surface area contributed by atoms with E-state index in [0.717, 1.165) is 11.1 Å². The van der Waals surface area contributed by atoms with Crippen LogP contribution in [-0.4, -0.2) is 20.1 Å². The quantitative estimate of drug-likeness (QED) is 0.642. The highest BCUT2D eigenvalue weighted by Crippen LogP contribution is 2.43. The van der Waals surface area contributed by atoms with Crippen molar-refractivity contribution in [1.82, 2.24) is 15.0 Å². The van der Waals surface area contributed by atoms with Gasteiger partial charge in [0, 0.05) is 6.20 Å². The maximum absolute atomic E-state index is 10.1. The summed E-state index contributed by atoms with van der Waals surface area (Å²) < 4.78 is 0. The van der Waals surface area contributed by atoms with Crippen molar-refractivity contribution in [3.8, 4) is 17.1 Å². The first kappa shape index (κ1) is 13.5. The summed E-state index contributed by atoms with van der Waals surface area (Å²) in [5.41, 5.74) is 2.52. The molecule has 0 aliphatic rings. The average Bonchev–Trinajstić information content (AvgIpc) is 2.79. The van der Waals surface area contributed by atoms with Crippen LogP contribution in [0.25, 0.3) is 22.6 Å². The predicted molar refractivity (Wildman–Crippen MR) is 80.8 cm³/mol. The Bertz CT molecular complexity index is 803. The van der Waals surface area contributed by atoms with Crippen molar-refractivity contribution in [2.45, 2.75) is 6.92 Å². The van der Waals surface area contributed by atoms with Crippen molar-refractivity contribution in [3.63, 3.8) is 0 Å². The third kappa shape index (κ3) is 2.10. The van der Waals surface area contributed by atoms with Crippen LogP contribution in [0.1, 0.15) is 5.56 Å². The number of pyridine rings is 1. The zero-order valence-corrected chi connectivity index (χ0v) is 12.5. The molecule has 0 atom stereocenters. The van der Waals surface area contributed by atoms with Crippen LogP contribution in [-0.2, 0) is 0 Å². The van der Waals surface area contributed by atoms with Gasteiger partial charge in [-0.05, 0) is 24.6 Å². The third-order valence-corrected chi connectivity index (χ3v) is 3.93. The Kier molecular flexibility index (Phi) is 3.24. The summed E-state index contributed by atoms with van der Waals surface area (Å²) in [6.07, 6.45) is 1.71. The number of aromatic amines is 1. The Labute approximate surface area is 129 Å². The van der Waals surface area contributed by atoms with E-state index in [1.165, 1.54) is 6.07 Å². The Balaban J connectivity index is 2.30. The molecule has 0 saturated carbocycles. The maximum Gasteiger partial charge on any atom is 0.178 e. The lowest BCUT2D eigenvalue weighted by Crippen LogP contribution is -1.86. The van der Waals surface area contributed by atoms with Crippen LogP contribution in [0.5, 0.6) is 5.75 Å². The predicted octanol–water partition coefficient (Wildman–Crippen LogP) is 4.60. The van der Waals surface area contributed by atoms with Gasteiger partial charge in [0.15, 0.2) is 5.65 Å². The van der Waals surface area contributed by atoms with Gasteiger partial charge in [0.1, 0.15) is 11.6 Å². The molecule has 0 aliphatic carbocycles. The molecule has 3 aromatic rings. The van der Waals surface area contributed by atoms with Crippen molar-refractivity contribution in [1.29, 1.82) is 0 Å². The van der Waals surface area contributed by atoms with Crippen molar-refractivity contribution in [2.75, 3.05) is 0 Å². The second kappa shape index (κ2) is 4.81. The van der Waals surface area contributed by atoms with Crippen molar-refractivity contribution in [3.05, 3.63) is 39.0 Å². The fourth-order valence-electron chi connectivity index (χ4n) is 1.92. The van der Waals surface area contributed by atoms with Crippen molar-refractivity contribution >= 4 is 46.0 Å². The maximum atomic E-state index is 10.1. The lowest BCUT2D eigenvalue weighted by molar-refractivity contribution is 0.477. The molecule has 0 fully saturated rings. The topological polar surface area (TPSA) is 61.8 Å². The molecule has 2 aromatic heterocycles. The summed E-state index contributed by atoms with van der Waals surface area (Å²) in [6.45, 7) is 1.92. The van der Waals surface area contributed by atoms with E-state index in [0.29, 0.717) is 11.5 Å². The molecule has 0 spiro atoms. The summed E-state index contributed by atoms with van der Waals surface area (Å²) in [5, 5.41) is 10.6. The number of halogens is 3. The fourth-order valence-corrected chi connectivity index (χ4v) is 2.62. The Morgan fingerprint density at radius 3 is 2.65 bits per heavy atom. The number of nitrogens with one attached hydrogen (secondary N) is 1. The molecule has 0 unspecified atom stereocenters. The van der Waals surface area contributed by atoms with Gasteiger partial charge in [0.2, 0.25) is 0 Å². The summed E-state index contributed by atoms with van der Waals surface area (Å²) in [5.74, 6) is 0.196. The summed E-state index contributed by atoms with van der Waals surface area (Å²) in [7, 11) is 0. The molecule has 3 rings (SSSR count). The van der Waals surface area contributed by atoms with Gasteiger partial charge in [-0.1, -0.05) is 34.8 Å². The summed E-state index contributed by atoms with van der Waals surface area (Å²) >= 11 is 18.0. The van der Waals surface area contributed by atoms with Crippen LogP contribution in [0.3, 0.4) is 0 Å². The zero-order valence-electron chi connectivity index (χ0n) is 10.2. The first-order valence-corrected chi connectivity index (χ1v) is 6.80. The van der Waals surface area contributed by atoms with Gasteiger partial charge in [0.05, 0.1) is 26.1 Å². The number of aromatic nitrogens is 3. The Morgan fingerprint density at radius 1 is 1.15 bits per heavy atom. The van der Waals surface area contributed by atoms with E-state index in [9.17, 15) is 5.11 Å². The Morgan fingerprint density at radius 2 is 1.90 bits per heavy atom. The second-order valence-corrected chi connectivity index (χ2v) is 5.54. The van der Waals surface area contributed by atoms with Gasteiger partial charge < -0.3 is 10.1 Å². The van der Waals surface area contributed by atoms with Crippen LogP contribution < -0.4 is 0 Å². The SMILES string of the molecule is Cc1cnc2nc(-c3c(O)c(Cl)cc(Cl)c3Cl)[nH]c2c1. The van der Waals surface area contributed by atoms with Gasteiger partial charge in [-0.3, -0.25) is 0 Å². The monoisotopic (exact) mass is 327 g/mol. The van der Waals surface area contributed by atoms with E-state index in [-0.39, 0.29) is 26.4 Å². The van der Waals surface area contributed by atoms with Crippen molar-refractivity contribution in [2.24, 2.45) is 0 Å². The van der Waals surface area contributed by atoms with Crippen LogP contribution in [0, 0.1) is 6.92 Å². The number of hydrogen-bond donors (Lipinski definition) is 2. The number of aromatic hydroxyl groups is 1. The average molecular weight is 329 g/mol. The number of phenols is 1. The van der Waals surface area contributed by atoms with E-state index in [1.807, 2.05) is 13.0 Å². The molecule has 0 bridgehead atoms. The number of H-pyrrole nitrogens is 1. The molecule has 20 heavy (non-hydrogen) atoms. The van der Waals surface area contributed by atoms with Gasteiger partial charge in [-0.2, -0.15) is 0 Å². The van der Waals surface area contributed by atoms with E-state index in [2.05, 4.69) is 15.0 Å². The fraction of sp³-hybridized carbons (Fsp3) is 0.0769. The molecular formula is C13H8Cl3N3O. The minimum absolute atomic E-state index is 0.110. The van der Waals surface area contributed by atoms with Gasteiger partial charge >= 0.3 is 0 Å². The van der Waals surface area contributed by atoms with E-state index < -0.39 is 0 Å². The smallest absolute Gasteiger partial charge is 0.178 e. The number of nitrogens with zero attached hydrogens (tertiary/aromatic N) is 2. The standard InChI is InChI=1S/C13H8Cl3N3O/c1-5-2-8-12(17-4-5)19-13(18-8)9-10(16)6(14)3-7(15)11(9)20/h2-4,20H,1H3,(H,17,18,19). The molecule has 2 N–H and O–H groups in total. The molecule has 0 aliphatic heterocycles. The molecule has 1 aromatic carbocycles. The number of rotatable bonds is 1. The zero-order chi connectivity index (χ0) is 14.4. The molecule has 0 saturated heterocycles. The molecule has 7 heteroatoms. The first-order valence-electron chi connectivity index (χ1n) is 5.66. The first-order chi connectivity index (χ1) is 9.47. The lowest BCUT2D eigenvalue weighted by atomic mass is 10.2. The van der Waals surface area contributed by atoms with Gasteiger partial charge in [0.25, 0.3) is 0 Å². The highest BCUT2D eigenvalue weighted by Gasteiger charge is 2.19. The largest absolute Gasteiger partial charge is 0.506 e. The highest BCUT2D eigenvalue weighted by molar-refractivity contribution is 6.45. The third-order valence-electron chi connectivity index (χ3n) is 2.86. The number of imidazole rings is 1. The molecule has 2 heterocycles. The van der Waals surface area contributed by atoms with E-state index in [1.54, 1.807) is 6.20 Å². The minimum atomic E-state index is -0.170. The van der Waals surface area contributed by atoms with Crippen LogP contribution in [0.2, 0.25) is 15.1 Å². The second-order valence-electron chi connectivity index (χ2n) is 4.35.